The zero-order chi connectivity index (χ0) is 15.2. The van der Waals surface area contributed by atoms with E-state index in [0.717, 1.165) is 18.4 Å². The predicted octanol–water partition coefficient (Wildman–Crippen LogP) is 1.26. The first-order valence-electron chi connectivity index (χ1n) is 7.29. The Kier molecular flexibility index (Phi) is 5.38. The van der Waals surface area contributed by atoms with Gasteiger partial charge in [-0.25, -0.2) is 0 Å². The minimum atomic E-state index is -0.306. The molecule has 1 heterocycles. The maximum Gasteiger partial charge on any atom is 0.253 e. The Bertz CT molecular complexity index is 549. The van der Waals surface area contributed by atoms with Crippen molar-refractivity contribution in [1.29, 1.82) is 0 Å². The number of nitrogens with zero attached hydrogens (tertiary/aromatic N) is 1. The van der Waals surface area contributed by atoms with Gasteiger partial charge in [0.05, 0.1) is 6.10 Å². The fourth-order valence-corrected chi connectivity index (χ4v) is 2.64. The number of carbonyl (C=O) groups is 1. The molecule has 1 aliphatic heterocycles. The van der Waals surface area contributed by atoms with Crippen molar-refractivity contribution in [2.45, 2.75) is 25.9 Å². The number of hydrogen-bond acceptors (Lipinski definition) is 3. The average molecular weight is 287 g/mol. The summed E-state index contributed by atoms with van der Waals surface area (Å²) in [6.07, 6.45) is 1.38. The van der Waals surface area contributed by atoms with Gasteiger partial charge in [0.1, 0.15) is 6.61 Å². The van der Waals surface area contributed by atoms with Crippen molar-refractivity contribution >= 4 is 5.91 Å². The molecule has 0 spiro atoms. The van der Waals surface area contributed by atoms with Gasteiger partial charge in [-0.1, -0.05) is 17.9 Å². The van der Waals surface area contributed by atoms with E-state index in [2.05, 4.69) is 11.8 Å². The first-order valence-corrected chi connectivity index (χ1v) is 7.29. The average Bonchev–Trinajstić information content (AvgIpc) is 2.52. The largest absolute Gasteiger partial charge is 0.393 e. The number of benzene rings is 1. The SMILES string of the molecule is CC(O)C1CCN(C(=O)c2cccc(C#CCO)c2)CC1. The fraction of sp³-hybridized carbons (Fsp3) is 0.471. The summed E-state index contributed by atoms with van der Waals surface area (Å²) in [6, 6.07) is 7.16. The highest BCUT2D eigenvalue weighted by Gasteiger charge is 2.25. The van der Waals surface area contributed by atoms with Crippen LogP contribution in [0.1, 0.15) is 35.7 Å². The summed E-state index contributed by atoms with van der Waals surface area (Å²) in [7, 11) is 0. The molecule has 1 saturated heterocycles. The van der Waals surface area contributed by atoms with Gasteiger partial charge in [-0.15, -0.1) is 0 Å². The van der Waals surface area contributed by atoms with E-state index in [4.69, 9.17) is 5.11 Å². The van der Waals surface area contributed by atoms with Crippen LogP contribution in [-0.4, -0.2) is 46.8 Å². The van der Waals surface area contributed by atoms with Crippen LogP contribution >= 0.6 is 0 Å². The Labute approximate surface area is 125 Å². The van der Waals surface area contributed by atoms with Crippen molar-refractivity contribution in [3.63, 3.8) is 0 Å². The van der Waals surface area contributed by atoms with E-state index in [1.54, 1.807) is 18.2 Å². The monoisotopic (exact) mass is 287 g/mol. The standard InChI is InChI=1S/C17H21NO3/c1-13(20)15-7-9-18(10-8-15)17(21)16-6-2-4-14(12-16)5-3-11-19/h2,4,6,12-13,15,19-20H,7-11H2,1H3. The Morgan fingerprint density at radius 2 is 2.14 bits per heavy atom. The van der Waals surface area contributed by atoms with E-state index >= 15 is 0 Å². The predicted molar refractivity (Wildman–Crippen MR) is 80.7 cm³/mol. The second kappa shape index (κ2) is 7.26. The molecule has 1 amide bonds. The molecule has 1 atom stereocenters. The molecule has 112 valence electrons. The normalized spacial score (nSPS) is 17.0. The maximum absolute atomic E-state index is 12.5. The molecular formula is C17H21NO3. The summed E-state index contributed by atoms with van der Waals surface area (Å²) in [5.74, 6) is 5.69. The number of amides is 1. The number of carbonyl (C=O) groups excluding carboxylic acids is 1. The third kappa shape index (κ3) is 4.07. The summed E-state index contributed by atoms with van der Waals surface area (Å²) >= 11 is 0. The summed E-state index contributed by atoms with van der Waals surface area (Å²) < 4.78 is 0. The minimum absolute atomic E-state index is 0.00620. The van der Waals surface area contributed by atoms with Crippen molar-refractivity contribution in [3.05, 3.63) is 35.4 Å². The molecule has 1 unspecified atom stereocenters. The summed E-state index contributed by atoms with van der Waals surface area (Å²) in [5.41, 5.74) is 1.35. The van der Waals surface area contributed by atoms with Gasteiger partial charge in [-0.3, -0.25) is 4.79 Å². The fourth-order valence-electron chi connectivity index (χ4n) is 2.64. The van der Waals surface area contributed by atoms with E-state index < -0.39 is 0 Å². The third-order valence-corrected chi connectivity index (χ3v) is 3.93. The van der Waals surface area contributed by atoms with Crippen molar-refractivity contribution in [2.24, 2.45) is 5.92 Å². The molecule has 1 fully saturated rings. The number of likely N-dealkylation sites (tertiary alicyclic amines) is 1. The highest BCUT2D eigenvalue weighted by Crippen LogP contribution is 2.22. The van der Waals surface area contributed by atoms with E-state index in [1.165, 1.54) is 0 Å². The van der Waals surface area contributed by atoms with Crippen molar-refractivity contribution in [2.75, 3.05) is 19.7 Å². The van der Waals surface area contributed by atoms with Gasteiger partial charge < -0.3 is 15.1 Å². The molecular weight excluding hydrogens is 266 g/mol. The molecule has 0 aliphatic carbocycles. The molecule has 4 heteroatoms. The lowest BCUT2D eigenvalue weighted by Gasteiger charge is -2.33. The summed E-state index contributed by atoms with van der Waals surface area (Å²) in [6.45, 7) is 2.98. The maximum atomic E-state index is 12.5. The van der Waals surface area contributed by atoms with E-state index in [0.29, 0.717) is 18.7 Å². The topological polar surface area (TPSA) is 60.8 Å². The molecule has 21 heavy (non-hydrogen) atoms. The molecule has 0 bridgehead atoms. The van der Waals surface area contributed by atoms with Crippen molar-refractivity contribution < 1.29 is 15.0 Å². The Hall–Kier alpha value is -1.83. The number of rotatable bonds is 2. The van der Waals surface area contributed by atoms with Gasteiger partial charge in [0.2, 0.25) is 0 Å². The molecule has 2 N–H and O–H groups in total. The Morgan fingerprint density at radius 1 is 1.43 bits per heavy atom. The van der Waals surface area contributed by atoms with Gasteiger partial charge in [0.25, 0.3) is 5.91 Å². The van der Waals surface area contributed by atoms with Crippen LogP contribution in [0.25, 0.3) is 0 Å². The van der Waals surface area contributed by atoms with E-state index in [9.17, 15) is 9.90 Å². The van der Waals surface area contributed by atoms with Gasteiger partial charge >= 0.3 is 0 Å². The van der Waals surface area contributed by atoms with E-state index in [1.807, 2.05) is 17.9 Å². The van der Waals surface area contributed by atoms with Crippen LogP contribution in [0, 0.1) is 17.8 Å². The molecule has 0 radical (unpaired) electrons. The van der Waals surface area contributed by atoms with Crippen LogP contribution in [0.15, 0.2) is 24.3 Å². The van der Waals surface area contributed by atoms with Crippen LogP contribution in [0.5, 0.6) is 0 Å². The first-order chi connectivity index (χ1) is 10.1. The van der Waals surface area contributed by atoms with E-state index in [-0.39, 0.29) is 24.5 Å². The quantitative estimate of drug-likeness (QED) is 0.805. The zero-order valence-electron chi connectivity index (χ0n) is 12.2. The zero-order valence-corrected chi connectivity index (χ0v) is 12.2. The lowest BCUT2D eigenvalue weighted by molar-refractivity contribution is 0.0521. The van der Waals surface area contributed by atoms with Gasteiger partial charge in [-0.05, 0) is 43.9 Å². The molecule has 1 aromatic carbocycles. The van der Waals surface area contributed by atoms with Crippen LogP contribution in [0.3, 0.4) is 0 Å². The molecule has 1 aromatic rings. The lowest BCUT2D eigenvalue weighted by atomic mass is 9.92. The Balaban J connectivity index is 2.04. The highest BCUT2D eigenvalue weighted by molar-refractivity contribution is 5.94. The molecule has 1 aliphatic rings. The first kappa shape index (κ1) is 15.6. The Morgan fingerprint density at radius 3 is 2.76 bits per heavy atom. The molecule has 2 rings (SSSR count). The number of piperidine rings is 1. The van der Waals surface area contributed by atoms with Gasteiger partial charge in [0.15, 0.2) is 0 Å². The second-order valence-electron chi connectivity index (χ2n) is 5.41. The number of aliphatic hydroxyl groups excluding tert-OH is 2. The van der Waals surface area contributed by atoms with Crippen LogP contribution in [0.4, 0.5) is 0 Å². The molecule has 4 nitrogen and oxygen atoms in total. The molecule has 0 aromatic heterocycles. The van der Waals surface area contributed by atoms with Crippen molar-refractivity contribution in [3.8, 4) is 11.8 Å². The molecule has 0 saturated carbocycles. The van der Waals surface area contributed by atoms with Gasteiger partial charge in [0, 0.05) is 24.2 Å². The smallest absolute Gasteiger partial charge is 0.253 e. The minimum Gasteiger partial charge on any atom is -0.393 e. The van der Waals surface area contributed by atoms with Crippen LogP contribution in [-0.2, 0) is 0 Å². The van der Waals surface area contributed by atoms with Crippen molar-refractivity contribution in [1.82, 2.24) is 4.90 Å². The summed E-state index contributed by atoms with van der Waals surface area (Å²) in [4.78, 5) is 14.3. The highest BCUT2D eigenvalue weighted by atomic mass is 16.3. The van der Waals surface area contributed by atoms with Crippen LogP contribution in [0.2, 0.25) is 0 Å². The number of hydrogen-bond donors (Lipinski definition) is 2. The second-order valence-corrected chi connectivity index (χ2v) is 5.41. The summed E-state index contributed by atoms with van der Waals surface area (Å²) in [5, 5.41) is 18.3. The number of aliphatic hydroxyl groups is 2. The van der Waals surface area contributed by atoms with Gasteiger partial charge in [-0.2, -0.15) is 0 Å². The third-order valence-electron chi connectivity index (χ3n) is 3.93. The van der Waals surface area contributed by atoms with Crippen LogP contribution < -0.4 is 0 Å². The lowest BCUT2D eigenvalue weighted by Crippen LogP contribution is -2.40.